The van der Waals surface area contributed by atoms with E-state index in [4.69, 9.17) is 9.47 Å². The van der Waals surface area contributed by atoms with Crippen molar-refractivity contribution in [1.29, 1.82) is 0 Å². The lowest BCUT2D eigenvalue weighted by Gasteiger charge is -2.49. The highest BCUT2D eigenvalue weighted by molar-refractivity contribution is 8.00. The van der Waals surface area contributed by atoms with Crippen LogP contribution in [-0.2, 0) is 35.9 Å². The van der Waals surface area contributed by atoms with E-state index in [1.54, 1.807) is 31.7 Å². The number of nitrogens with zero attached hydrogens (tertiary/aromatic N) is 6. The normalized spacial score (nSPS) is 18.1. The van der Waals surface area contributed by atoms with Gasteiger partial charge in [-0.3, -0.25) is 14.5 Å². The Labute approximate surface area is 381 Å². The number of allylic oxidation sites excluding steroid dienone is 1. The molecule has 0 aliphatic carbocycles. The van der Waals surface area contributed by atoms with E-state index < -0.39 is 46.6 Å². The second kappa shape index (κ2) is 18.0. The van der Waals surface area contributed by atoms with Gasteiger partial charge >= 0.3 is 12.1 Å². The number of β-lactam (4-membered cyclic amide) rings is 1. The number of rotatable bonds is 12. The van der Waals surface area contributed by atoms with Crippen LogP contribution in [0.2, 0.25) is 0 Å². The third kappa shape index (κ3) is 8.44. The number of hydrogen-bond acceptors (Lipinski definition) is 10. The van der Waals surface area contributed by atoms with Crippen molar-refractivity contribution >= 4 is 35.6 Å². The minimum atomic E-state index is -0.989. The fourth-order valence-electron chi connectivity index (χ4n) is 8.73. The molecule has 4 heterocycles. The monoisotopic (exact) mass is 885 g/mol. The highest BCUT2D eigenvalue weighted by atomic mass is 32.2. The van der Waals surface area contributed by atoms with Gasteiger partial charge in [0.1, 0.15) is 28.3 Å². The molecule has 1 N–H and O–H groups in total. The van der Waals surface area contributed by atoms with E-state index in [1.165, 1.54) is 16.7 Å². The minimum absolute atomic E-state index is 0.0268. The van der Waals surface area contributed by atoms with Gasteiger partial charge in [0.15, 0.2) is 11.9 Å². The molecule has 2 saturated heterocycles. The average Bonchev–Trinajstić information content (AvgIpc) is 3.93. The molecule has 65 heavy (non-hydrogen) atoms. The second-order valence-electron chi connectivity index (χ2n) is 17.0. The van der Waals surface area contributed by atoms with Crippen LogP contribution in [0.25, 0.3) is 0 Å². The van der Waals surface area contributed by atoms with Crippen LogP contribution < -0.4 is 5.32 Å². The number of ether oxygens (including phenoxy) is 2. The number of carbonyl (C=O) groups is 4. The number of alkyl carbamates (subject to hydrolysis) is 1. The molecule has 13 nitrogen and oxygen atoms in total. The van der Waals surface area contributed by atoms with E-state index in [2.05, 4.69) is 57.2 Å². The summed E-state index contributed by atoms with van der Waals surface area (Å²) in [6.45, 7) is 5.68. The van der Waals surface area contributed by atoms with Gasteiger partial charge in [-0.25, -0.2) is 14.3 Å². The highest BCUT2D eigenvalue weighted by Gasteiger charge is 2.55. The molecule has 328 valence electrons. The van der Waals surface area contributed by atoms with Crippen LogP contribution in [0.4, 0.5) is 4.79 Å². The molecule has 2 fully saturated rings. The number of nitrogens with one attached hydrogen (secondary N) is 1. The number of hydrogen-bond donors (Lipinski definition) is 1. The first-order valence-corrected chi connectivity index (χ1v) is 22.5. The van der Waals surface area contributed by atoms with Gasteiger partial charge in [-0.2, -0.15) is 0 Å². The molecule has 0 bridgehead atoms. The maximum Gasteiger partial charge on any atom is 0.408 e. The van der Waals surface area contributed by atoms with Crippen LogP contribution in [0.1, 0.15) is 66.9 Å². The lowest BCUT2D eigenvalue weighted by molar-refractivity contribution is -0.153. The number of tetrazole rings is 1. The molecule has 0 radical (unpaired) electrons. The van der Waals surface area contributed by atoms with E-state index in [0.29, 0.717) is 29.9 Å². The number of fused-ring (bicyclic) bond motifs is 1. The Hall–Kier alpha value is -7.32. The number of aromatic nitrogens is 4. The van der Waals surface area contributed by atoms with E-state index >= 15 is 0 Å². The van der Waals surface area contributed by atoms with Crippen LogP contribution in [0.15, 0.2) is 175 Å². The van der Waals surface area contributed by atoms with Gasteiger partial charge in [0.2, 0.25) is 5.91 Å². The van der Waals surface area contributed by atoms with Gasteiger partial charge in [-0.15, -0.1) is 16.9 Å². The molecule has 3 aliphatic rings. The molecule has 1 aromatic heterocycles. The van der Waals surface area contributed by atoms with Crippen molar-refractivity contribution in [1.82, 2.24) is 35.3 Å². The zero-order valence-corrected chi connectivity index (χ0v) is 36.9. The lowest BCUT2D eigenvalue weighted by atomic mass is 9.77. The summed E-state index contributed by atoms with van der Waals surface area (Å²) in [5, 5.41) is 15.4. The summed E-state index contributed by atoms with van der Waals surface area (Å²) in [5.41, 5.74) is 3.47. The standard InChI is InChI=1S/C51H47N7O6S/c1-50(2,3)64-49(62)52-42-46(60)57-43(48(61)63-44(34-19-9-4-10-20-34)35-21-11-5-12-22-35)37(33-65-47(42)57)31-36-29-30-56(45(36)59)32-41-53-54-55-58(41)51(38-23-13-6-14-24-38,39-25-15-7-16-26-39)40-27-17-8-18-28-40/h4-28,31,42,44,47H,29-30,32-33H2,1-3H3,(H,52,62)/b36-31+/t42-,47-/m1/s1. The Morgan fingerprint density at radius 3 is 1.83 bits per heavy atom. The first-order valence-electron chi connectivity index (χ1n) is 21.5. The molecular formula is C51H47N7O6S. The molecule has 3 aliphatic heterocycles. The highest BCUT2D eigenvalue weighted by Crippen LogP contribution is 2.44. The van der Waals surface area contributed by atoms with E-state index in [0.717, 1.165) is 27.8 Å². The minimum Gasteiger partial charge on any atom is -0.448 e. The number of thioether (sulfide) groups is 1. The Balaban J connectivity index is 1.06. The fraction of sp³-hybridized carbons (Fsp3) is 0.235. The van der Waals surface area contributed by atoms with E-state index in [9.17, 15) is 19.2 Å². The summed E-state index contributed by atoms with van der Waals surface area (Å²) >= 11 is 1.38. The van der Waals surface area contributed by atoms with E-state index in [-0.39, 0.29) is 23.9 Å². The first kappa shape index (κ1) is 43.0. The Morgan fingerprint density at radius 2 is 1.31 bits per heavy atom. The van der Waals surface area contributed by atoms with Gasteiger partial charge in [0.25, 0.3) is 5.91 Å². The molecule has 0 saturated carbocycles. The van der Waals surface area contributed by atoms with Gasteiger partial charge in [0, 0.05) is 17.9 Å². The zero-order chi connectivity index (χ0) is 45.1. The first-order chi connectivity index (χ1) is 31.5. The summed E-state index contributed by atoms with van der Waals surface area (Å²) in [6.07, 6.45) is 0.557. The zero-order valence-electron chi connectivity index (χ0n) is 36.1. The Bertz CT molecular complexity index is 2620. The van der Waals surface area contributed by atoms with E-state index in [1.807, 2.05) is 120 Å². The predicted octanol–water partition coefficient (Wildman–Crippen LogP) is 7.57. The number of amides is 3. The van der Waals surface area contributed by atoms with Crippen molar-refractivity contribution < 1.29 is 28.7 Å². The largest absolute Gasteiger partial charge is 0.448 e. The summed E-state index contributed by atoms with van der Waals surface area (Å²) < 4.78 is 13.6. The molecule has 3 amide bonds. The number of esters is 1. The topological polar surface area (TPSA) is 149 Å². The lowest BCUT2D eigenvalue weighted by Crippen LogP contribution is -2.70. The van der Waals surface area contributed by atoms with Gasteiger partial charge in [0.05, 0.1) is 6.54 Å². The van der Waals surface area contributed by atoms with Crippen LogP contribution in [0.3, 0.4) is 0 Å². The molecule has 6 aromatic rings. The van der Waals surface area contributed by atoms with Crippen molar-refractivity contribution in [2.24, 2.45) is 0 Å². The summed E-state index contributed by atoms with van der Waals surface area (Å²) in [7, 11) is 0. The molecule has 14 heteroatoms. The SMILES string of the molecule is CC(C)(C)OC(=O)N[C@@H]1C(=O)N2C(C(=O)OC(c3ccccc3)c3ccccc3)=C(/C=C3\CCN(Cc4nnnn4C(c4ccccc4)(c4ccccc4)c4ccccc4)C3=O)CS[C@H]12. The predicted molar refractivity (Wildman–Crippen MR) is 245 cm³/mol. The van der Waals surface area contributed by atoms with Crippen LogP contribution in [0.5, 0.6) is 0 Å². The van der Waals surface area contributed by atoms with Crippen LogP contribution in [0, 0.1) is 0 Å². The smallest absolute Gasteiger partial charge is 0.408 e. The number of likely N-dealkylation sites (tertiary alicyclic amines) is 1. The fourth-order valence-corrected chi connectivity index (χ4v) is 10.0. The van der Waals surface area contributed by atoms with Gasteiger partial charge < -0.3 is 19.7 Å². The van der Waals surface area contributed by atoms with Crippen molar-refractivity contribution in [3.63, 3.8) is 0 Å². The maximum atomic E-state index is 14.7. The maximum absolute atomic E-state index is 14.7. The molecule has 5 aromatic carbocycles. The Kier molecular flexibility index (Phi) is 11.9. The summed E-state index contributed by atoms with van der Waals surface area (Å²) in [6, 6.07) is 48.0. The molecular weight excluding hydrogens is 839 g/mol. The number of carbonyl (C=O) groups excluding carboxylic acids is 4. The second-order valence-corrected chi connectivity index (χ2v) is 18.1. The van der Waals surface area contributed by atoms with Crippen molar-refractivity contribution in [2.45, 2.75) is 62.4 Å². The van der Waals surface area contributed by atoms with Crippen molar-refractivity contribution in [3.8, 4) is 0 Å². The summed E-state index contributed by atoms with van der Waals surface area (Å²) in [5.74, 6) is -0.739. The molecule has 9 rings (SSSR count). The molecule has 0 unspecified atom stereocenters. The van der Waals surface area contributed by atoms with Gasteiger partial charge in [-0.05, 0) is 77.1 Å². The quantitative estimate of drug-likeness (QED) is 0.0565. The third-order valence-corrected chi connectivity index (χ3v) is 12.9. The van der Waals surface area contributed by atoms with Crippen LogP contribution >= 0.6 is 11.8 Å². The third-order valence-electron chi connectivity index (χ3n) is 11.6. The molecule has 2 atom stereocenters. The summed E-state index contributed by atoms with van der Waals surface area (Å²) in [4.78, 5) is 59.1. The van der Waals surface area contributed by atoms with Crippen LogP contribution in [-0.4, -0.2) is 83.2 Å². The van der Waals surface area contributed by atoms with Crippen molar-refractivity contribution in [3.05, 3.63) is 208 Å². The average molecular weight is 886 g/mol. The Morgan fingerprint density at radius 1 is 0.785 bits per heavy atom. The molecule has 0 spiro atoms. The van der Waals surface area contributed by atoms with Crippen molar-refractivity contribution in [2.75, 3.05) is 12.3 Å². The number of benzene rings is 5. The van der Waals surface area contributed by atoms with Gasteiger partial charge in [-0.1, -0.05) is 152 Å².